The van der Waals surface area contributed by atoms with Gasteiger partial charge >= 0.3 is 0 Å². The second kappa shape index (κ2) is 7.23. The van der Waals surface area contributed by atoms with Crippen LogP contribution < -0.4 is 10.3 Å². The van der Waals surface area contributed by atoms with Gasteiger partial charge in [0, 0.05) is 31.1 Å². The van der Waals surface area contributed by atoms with Crippen molar-refractivity contribution in [3.63, 3.8) is 0 Å². The van der Waals surface area contributed by atoms with Gasteiger partial charge in [-0.1, -0.05) is 18.2 Å². The van der Waals surface area contributed by atoms with Crippen molar-refractivity contribution in [2.75, 3.05) is 19.7 Å². The van der Waals surface area contributed by atoms with Crippen LogP contribution in [0.3, 0.4) is 0 Å². The molecule has 2 aromatic carbocycles. The maximum absolute atomic E-state index is 12.3. The predicted molar refractivity (Wildman–Crippen MR) is 104 cm³/mol. The molecule has 138 valence electrons. The highest BCUT2D eigenvalue weighted by Gasteiger charge is 2.18. The van der Waals surface area contributed by atoms with Crippen LogP contribution in [0.5, 0.6) is 5.75 Å². The summed E-state index contributed by atoms with van der Waals surface area (Å²) in [5.74, 6) is 0.669. The Morgan fingerprint density at radius 1 is 1.04 bits per heavy atom. The van der Waals surface area contributed by atoms with Gasteiger partial charge in [0.05, 0.1) is 11.1 Å². The summed E-state index contributed by atoms with van der Waals surface area (Å²) in [6, 6.07) is 14.9. The van der Waals surface area contributed by atoms with E-state index in [9.17, 15) is 9.59 Å². The molecule has 1 fully saturated rings. The van der Waals surface area contributed by atoms with Gasteiger partial charge in [-0.05, 0) is 43.2 Å². The Balaban J connectivity index is 1.56. The summed E-state index contributed by atoms with van der Waals surface area (Å²) >= 11 is 0. The van der Waals surface area contributed by atoms with E-state index in [1.165, 1.54) is 4.68 Å². The van der Waals surface area contributed by atoms with Crippen LogP contribution in [0.2, 0.25) is 0 Å². The Labute approximate surface area is 157 Å². The highest BCUT2D eigenvalue weighted by Crippen LogP contribution is 2.26. The molecule has 0 radical (unpaired) electrons. The molecule has 0 unspecified atom stereocenters. The number of aryl methyl sites for hydroxylation is 1. The number of carbonyl (C=O) groups is 1. The highest BCUT2D eigenvalue weighted by molar-refractivity contribution is 5.93. The molecule has 1 aliphatic heterocycles. The Bertz CT molecular complexity index is 1030. The van der Waals surface area contributed by atoms with E-state index in [4.69, 9.17) is 4.74 Å². The minimum atomic E-state index is -0.116. The van der Waals surface area contributed by atoms with Crippen molar-refractivity contribution >= 4 is 16.7 Å². The van der Waals surface area contributed by atoms with E-state index in [2.05, 4.69) is 5.10 Å². The number of aromatic nitrogens is 2. The number of amides is 1. The number of carbonyl (C=O) groups excluding carboxylic acids is 1. The van der Waals surface area contributed by atoms with Crippen LogP contribution in [-0.2, 0) is 11.8 Å². The molecule has 0 spiro atoms. The Morgan fingerprint density at radius 2 is 1.70 bits per heavy atom. The van der Waals surface area contributed by atoms with Crippen molar-refractivity contribution in [3.05, 3.63) is 58.9 Å². The number of rotatable bonds is 4. The highest BCUT2D eigenvalue weighted by atomic mass is 16.5. The van der Waals surface area contributed by atoms with Crippen LogP contribution in [0.25, 0.3) is 22.0 Å². The molecular formula is C21H21N3O3. The molecule has 0 saturated carbocycles. The van der Waals surface area contributed by atoms with E-state index in [1.54, 1.807) is 7.05 Å². The summed E-state index contributed by atoms with van der Waals surface area (Å²) < 4.78 is 6.99. The van der Waals surface area contributed by atoms with E-state index in [0.717, 1.165) is 42.6 Å². The Kier molecular flexibility index (Phi) is 4.62. The van der Waals surface area contributed by atoms with Gasteiger partial charge in [0.1, 0.15) is 5.75 Å². The fourth-order valence-electron chi connectivity index (χ4n) is 3.42. The number of hydrogen-bond acceptors (Lipinski definition) is 4. The van der Waals surface area contributed by atoms with Gasteiger partial charge in [-0.3, -0.25) is 9.59 Å². The maximum atomic E-state index is 12.3. The number of likely N-dealkylation sites (tertiary alicyclic amines) is 1. The lowest BCUT2D eigenvalue weighted by atomic mass is 10.1. The molecule has 1 amide bonds. The predicted octanol–water partition coefficient (Wildman–Crippen LogP) is 2.60. The van der Waals surface area contributed by atoms with Crippen molar-refractivity contribution in [2.24, 2.45) is 7.05 Å². The van der Waals surface area contributed by atoms with Crippen LogP contribution in [0.4, 0.5) is 0 Å². The zero-order valence-corrected chi connectivity index (χ0v) is 15.2. The third kappa shape index (κ3) is 3.43. The average molecular weight is 363 g/mol. The zero-order chi connectivity index (χ0) is 18.8. The minimum absolute atomic E-state index is 0.0299. The molecular weight excluding hydrogens is 342 g/mol. The molecule has 1 aliphatic rings. The van der Waals surface area contributed by atoms with Gasteiger partial charge < -0.3 is 9.64 Å². The smallest absolute Gasteiger partial charge is 0.274 e. The quantitative estimate of drug-likeness (QED) is 0.715. The number of nitrogens with zero attached hydrogens (tertiary/aromatic N) is 3. The molecule has 6 nitrogen and oxygen atoms in total. The van der Waals surface area contributed by atoms with E-state index in [1.807, 2.05) is 53.4 Å². The molecule has 1 aromatic heterocycles. The minimum Gasteiger partial charge on any atom is -0.484 e. The van der Waals surface area contributed by atoms with Gasteiger partial charge in [-0.2, -0.15) is 5.10 Å². The third-order valence-corrected chi connectivity index (χ3v) is 4.91. The molecule has 0 atom stereocenters. The molecule has 0 bridgehead atoms. The van der Waals surface area contributed by atoms with Crippen LogP contribution in [0, 0.1) is 0 Å². The number of benzene rings is 2. The normalized spacial score (nSPS) is 13.9. The summed E-state index contributed by atoms with van der Waals surface area (Å²) in [4.78, 5) is 26.2. The first kappa shape index (κ1) is 17.3. The lowest BCUT2D eigenvalue weighted by Gasteiger charge is -2.15. The summed E-state index contributed by atoms with van der Waals surface area (Å²) in [6.45, 7) is 1.71. The molecule has 2 heterocycles. The fourth-order valence-corrected chi connectivity index (χ4v) is 3.42. The van der Waals surface area contributed by atoms with Crippen LogP contribution in [0.15, 0.2) is 53.3 Å². The molecule has 0 aliphatic carbocycles. The fraction of sp³-hybridized carbons (Fsp3) is 0.286. The largest absolute Gasteiger partial charge is 0.484 e. The standard InChI is InChI=1S/C21H21N3O3/c1-23-21(26)18-7-3-2-6-17(18)20(22-23)15-8-10-16(11-9-15)27-14-19(25)24-12-4-5-13-24/h2-3,6-11H,4-5,12-14H2,1H3. The second-order valence-electron chi connectivity index (χ2n) is 6.72. The Hall–Kier alpha value is -3.15. The SMILES string of the molecule is Cn1nc(-c2ccc(OCC(=O)N3CCCC3)cc2)c2ccccc2c1=O. The van der Waals surface area contributed by atoms with Crippen LogP contribution in [0.1, 0.15) is 12.8 Å². The van der Waals surface area contributed by atoms with E-state index < -0.39 is 0 Å². The van der Waals surface area contributed by atoms with Crippen LogP contribution >= 0.6 is 0 Å². The maximum Gasteiger partial charge on any atom is 0.274 e. The van der Waals surface area contributed by atoms with E-state index in [0.29, 0.717) is 11.1 Å². The first-order valence-electron chi connectivity index (χ1n) is 9.10. The van der Waals surface area contributed by atoms with Crippen molar-refractivity contribution in [1.29, 1.82) is 0 Å². The first-order chi connectivity index (χ1) is 13.1. The van der Waals surface area contributed by atoms with Crippen molar-refractivity contribution < 1.29 is 9.53 Å². The van der Waals surface area contributed by atoms with Gasteiger partial charge in [0.25, 0.3) is 11.5 Å². The first-order valence-corrected chi connectivity index (χ1v) is 9.10. The van der Waals surface area contributed by atoms with Crippen molar-refractivity contribution in [1.82, 2.24) is 14.7 Å². The number of ether oxygens (including phenoxy) is 1. The average Bonchev–Trinajstić information content (AvgIpc) is 3.24. The van der Waals surface area contributed by atoms with Gasteiger partial charge in [0.2, 0.25) is 0 Å². The Morgan fingerprint density at radius 3 is 2.41 bits per heavy atom. The molecule has 27 heavy (non-hydrogen) atoms. The lowest BCUT2D eigenvalue weighted by molar-refractivity contribution is -0.132. The molecule has 6 heteroatoms. The lowest BCUT2D eigenvalue weighted by Crippen LogP contribution is -2.32. The topological polar surface area (TPSA) is 64.4 Å². The number of fused-ring (bicyclic) bond motifs is 1. The molecule has 4 rings (SSSR count). The number of hydrogen-bond donors (Lipinski definition) is 0. The summed E-state index contributed by atoms with van der Waals surface area (Å²) in [7, 11) is 1.65. The van der Waals surface area contributed by atoms with Gasteiger partial charge in [-0.25, -0.2) is 4.68 Å². The molecule has 1 saturated heterocycles. The van der Waals surface area contributed by atoms with Gasteiger partial charge in [0.15, 0.2) is 6.61 Å². The summed E-state index contributed by atoms with van der Waals surface area (Å²) in [5.41, 5.74) is 1.52. The van der Waals surface area contributed by atoms with E-state index >= 15 is 0 Å². The second-order valence-corrected chi connectivity index (χ2v) is 6.72. The van der Waals surface area contributed by atoms with Crippen molar-refractivity contribution in [2.45, 2.75) is 12.8 Å². The third-order valence-electron chi connectivity index (χ3n) is 4.91. The zero-order valence-electron chi connectivity index (χ0n) is 15.2. The molecule has 0 N–H and O–H groups in total. The van der Waals surface area contributed by atoms with E-state index in [-0.39, 0.29) is 18.1 Å². The molecule has 3 aromatic rings. The summed E-state index contributed by atoms with van der Waals surface area (Å²) in [5, 5.41) is 5.89. The monoisotopic (exact) mass is 363 g/mol. The van der Waals surface area contributed by atoms with Crippen LogP contribution in [-0.4, -0.2) is 40.3 Å². The van der Waals surface area contributed by atoms with Crippen molar-refractivity contribution in [3.8, 4) is 17.0 Å². The van der Waals surface area contributed by atoms with Gasteiger partial charge in [-0.15, -0.1) is 0 Å². The summed E-state index contributed by atoms with van der Waals surface area (Å²) in [6.07, 6.45) is 2.14.